The van der Waals surface area contributed by atoms with Crippen LogP contribution in [-0.2, 0) is 13.6 Å². The van der Waals surface area contributed by atoms with Gasteiger partial charge in [-0.3, -0.25) is 4.90 Å². The third-order valence-electron chi connectivity index (χ3n) is 4.88. The Balaban J connectivity index is 1.59. The predicted molar refractivity (Wildman–Crippen MR) is 97.1 cm³/mol. The van der Waals surface area contributed by atoms with Crippen molar-refractivity contribution >= 4 is 11.0 Å². The third kappa shape index (κ3) is 3.05. The molecule has 0 saturated carbocycles. The number of nitrogens with one attached hydrogen (secondary N) is 1. The second-order valence-electron chi connectivity index (χ2n) is 7.03. The smallest absolute Gasteiger partial charge is 0.157 e. The molecule has 0 aromatic carbocycles. The molecule has 0 aliphatic carbocycles. The summed E-state index contributed by atoms with van der Waals surface area (Å²) in [6.45, 7) is 8.05. The summed E-state index contributed by atoms with van der Waals surface area (Å²) >= 11 is 0. The molecule has 3 aromatic heterocycles. The van der Waals surface area contributed by atoms with E-state index in [9.17, 15) is 0 Å². The minimum atomic E-state index is 0.280. The number of piperazine rings is 1. The summed E-state index contributed by atoms with van der Waals surface area (Å²) < 4.78 is 4.08. The van der Waals surface area contributed by atoms with Gasteiger partial charge in [0.1, 0.15) is 5.82 Å². The van der Waals surface area contributed by atoms with Crippen LogP contribution in [0.3, 0.4) is 0 Å². The molecule has 0 amide bonds. The first-order valence-corrected chi connectivity index (χ1v) is 8.87. The largest absolute Gasteiger partial charge is 0.337 e. The van der Waals surface area contributed by atoms with Crippen LogP contribution >= 0.6 is 0 Å². The van der Waals surface area contributed by atoms with Crippen LogP contribution in [0, 0.1) is 0 Å². The number of hydrogen-bond donors (Lipinski definition) is 1. The van der Waals surface area contributed by atoms with Crippen molar-refractivity contribution in [1.29, 1.82) is 0 Å². The van der Waals surface area contributed by atoms with Crippen molar-refractivity contribution in [3.05, 3.63) is 42.2 Å². The van der Waals surface area contributed by atoms with Gasteiger partial charge in [-0.05, 0) is 25.5 Å². The van der Waals surface area contributed by atoms with Gasteiger partial charge in [0.15, 0.2) is 5.65 Å². The maximum absolute atomic E-state index is 4.67. The fourth-order valence-corrected chi connectivity index (χ4v) is 3.57. The molecule has 7 nitrogen and oxygen atoms in total. The Kier molecular flexibility index (Phi) is 4.27. The minimum absolute atomic E-state index is 0.280. The Labute approximate surface area is 147 Å². The van der Waals surface area contributed by atoms with Gasteiger partial charge in [-0.25, -0.2) is 14.6 Å². The highest BCUT2D eigenvalue weighted by molar-refractivity contribution is 5.75. The van der Waals surface area contributed by atoms with Crippen LogP contribution in [0.25, 0.3) is 11.0 Å². The molecular formula is C18H25N7. The van der Waals surface area contributed by atoms with Crippen molar-refractivity contribution < 1.29 is 0 Å². The summed E-state index contributed by atoms with van der Waals surface area (Å²) in [5.74, 6) is 1.11. The standard InChI is InChI=1S/C18H25N7/c1-13(2)25-17-15(10-22-25)8-14(9-21-17)12-24-7-4-19-11-16(24)18-20-5-6-23(18)3/h5-6,8-10,13,16,19H,4,7,11-12H2,1-3H3. The average molecular weight is 339 g/mol. The molecule has 1 aliphatic heterocycles. The van der Waals surface area contributed by atoms with Crippen molar-refractivity contribution in [2.24, 2.45) is 7.05 Å². The lowest BCUT2D eigenvalue weighted by molar-refractivity contribution is 0.144. The zero-order chi connectivity index (χ0) is 17.4. The van der Waals surface area contributed by atoms with Crippen LogP contribution in [0.1, 0.15) is 37.3 Å². The Bertz CT molecular complexity index is 863. The fraction of sp³-hybridized carbons (Fsp3) is 0.500. The van der Waals surface area contributed by atoms with E-state index >= 15 is 0 Å². The number of aromatic nitrogens is 5. The molecule has 1 fully saturated rings. The van der Waals surface area contributed by atoms with Crippen molar-refractivity contribution in [3.63, 3.8) is 0 Å². The quantitative estimate of drug-likeness (QED) is 0.786. The lowest BCUT2D eigenvalue weighted by Gasteiger charge is -2.35. The van der Waals surface area contributed by atoms with Gasteiger partial charge in [0.2, 0.25) is 0 Å². The lowest BCUT2D eigenvalue weighted by Crippen LogP contribution is -2.46. The van der Waals surface area contributed by atoms with E-state index in [0.717, 1.165) is 43.0 Å². The summed E-state index contributed by atoms with van der Waals surface area (Å²) in [4.78, 5) is 11.7. The number of hydrogen-bond acceptors (Lipinski definition) is 5. The second kappa shape index (κ2) is 6.57. The highest BCUT2D eigenvalue weighted by Crippen LogP contribution is 2.24. The van der Waals surface area contributed by atoms with Crippen LogP contribution < -0.4 is 5.32 Å². The van der Waals surface area contributed by atoms with Crippen LogP contribution in [0.15, 0.2) is 30.9 Å². The molecule has 3 aromatic rings. The predicted octanol–water partition coefficient (Wildman–Crippen LogP) is 1.89. The molecule has 1 unspecified atom stereocenters. The Morgan fingerprint density at radius 1 is 1.28 bits per heavy atom. The Morgan fingerprint density at radius 2 is 2.16 bits per heavy atom. The van der Waals surface area contributed by atoms with E-state index in [1.54, 1.807) is 0 Å². The monoisotopic (exact) mass is 339 g/mol. The van der Waals surface area contributed by atoms with Gasteiger partial charge in [0.25, 0.3) is 0 Å². The number of imidazole rings is 1. The topological polar surface area (TPSA) is 63.8 Å². The van der Waals surface area contributed by atoms with Crippen LogP contribution in [0.5, 0.6) is 0 Å². The zero-order valence-corrected chi connectivity index (χ0v) is 15.1. The summed E-state index contributed by atoms with van der Waals surface area (Å²) in [5, 5.41) is 9.06. The molecule has 1 atom stereocenters. The first-order valence-electron chi connectivity index (χ1n) is 8.87. The van der Waals surface area contributed by atoms with Crippen LogP contribution in [0.2, 0.25) is 0 Å². The molecule has 4 heterocycles. The van der Waals surface area contributed by atoms with E-state index in [0.29, 0.717) is 6.04 Å². The van der Waals surface area contributed by atoms with Gasteiger partial charge >= 0.3 is 0 Å². The second-order valence-corrected chi connectivity index (χ2v) is 7.03. The molecule has 0 radical (unpaired) electrons. The molecule has 0 bridgehead atoms. The first kappa shape index (κ1) is 16.2. The average Bonchev–Trinajstić information content (AvgIpc) is 3.21. The Hall–Kier alpha value is -2.25. The summed E-state index contributed by atoms with van der Waals surface area (Å²) in [5.41, 5.74) is 2.18. The lowest BCUT2D eigenvalue weighted by atomic mass is 10.1. The summed E-state index contributed by atoms with van der Waals surface area (Å²) in [6, 6.07) is 2.81. The number of fused-ring (bicyclic) bond motifs is 1. The van der Waals surface area contributed by atoms with Gasteiger partial charge in [0.05, 0.1) is 12.2 Å². The molecule has 132 valence electrons. The van der Waals surface area contributed by atoms with Crippen molar-refractivity contribution in [2.75, 3.05) is 19.6 Å². The molecule has 25 heavy (non-hydrogen) atoms. The number of pyridine rings is 1. The van der Waals surface area contributed by atoms with Gasteiger partial charge in [-0.1, -0.05) is 0 Å². The van der Waals surface area contributed by atoms with Crippen LogP contribution in [-0.4, -0.2) is 48.8 Å². The van der Waals surface area contributed by atoms with Crippen molar-refractivity contribution in [1.82, 2.24) is 34.5 Å². The molecule has 4 rings (SSSR count). The van der Waals surface area contributed by atoms with E-state index in [-0.39, 0.29) is 6.04 Å². The van der Waals surface area contributed by atoms with E-state index < -0.39 is 0 Å². The maximum atomic E-state index is 4.67. The Morgan fingerprint density at radius 3 is 2.92 bits per heavy atom. The van der Waals surface area contributed by atoms with E-state index in [1.165, 1.54) is 5.56 Å². The van der Waals surface area contributed by atoms with Gasteiger partial charge in [-0.2, -0.15) is 5.10 Å². The fourth-order valence-electron chi connectivity index (χ4n) is 3.57. The van der Waals surface area contributed by atoms with Crippen molar-refractivity contribution in [3.8, 4) is 0 Å². The van der Waals surface area contributed by atoms with Gasteiger partial charge < -0.3 is 9.88 Å². The molecule has 0 spiro atoms. The number of aryl methyl sites for hydroxylation is 1. The van der Waals surface area contributed by atoms with E-state index in [2.05, 4.69) is 56.8 Å². The van der Waals surface area contributed by atoms with Gasteiger partial charge in [0, 0.05) is 63.2 Å². The van der Waals surface area contributed by atoms with Gasteiger partial charge in [-0.15, -0.1) is 0 Å². The zero-order valence-electron chi connectivity index (χ0n) is 15.1. The van der Waals surface area contributed by atoms with E-state index in [4.69, 9.17) is 0 Å². The van der Waals surface area contributed by atoms with E-state index in [1.807, 2.05) is 29.5 Å². The van der Waals surface area contributed by atoms with Crippen molar-refractivity contribution in [2.45, 2.75) is 32.5 Å². The SMILES string of the molecule is CC(C)n1ncc2cc(CN3CCNCC3c3nccn3C)cnc21. The number of nitrogens with zero attached hydrogens (tertiary/aromatic N) is 6. The summed E-state index contributed by atoms with van der Waals surface area (Å²) in [6.07, 6.45) is 7.78. The number of rotatable bonds is 4. The molecular weight excluding hydrogens is 314 g/mol. The highest BCUT2D eigenvalue weighted by Gasteiger charge is 2.26. The first-order chi connectivity index (χ1) is 12.1. The normalized spacial score (nSPS) is 19.1. The minimum Gasteiger partial charge on any atom is -0.337 e. The molecule has 1 saturated heterocycles. The highest BCUT2D eigenvalue weighted by atomic mass is 15.3. The summed E-state index contributed by atoms with van der Waals surface area (Å²) in [7, 11) is 2.06. The molecule has 7 heteroatoms. The molecule has 1 aliphatic rings. The van der Waals surface area contributed by atoms with Crippen LogP contribution in [0.4, 0.5) is 0 Å². The molecule has 1 N–H and O–H groups in total. The maximum Gasteiger partial charge on any atom is 0.157 e. The third-order valence-corrected chi connectivity index (χ3v) is 4.88.